The third kappa shape index (κ3) is 3.54. The number of aromatic nitrogens is 4. The average Bonchev–Trinajstić information content (AvgIpc) is 3.28. The van der Waals surface area contributed by atoms with Crippen molar-refractivity contribution in [2.75, 3.05) is 27.2 Å². The van der Waals surface area contributed by atoms with E-state index in [1.807, 2.05) is 0 Å². The smallest absolute Gasteiger partial charge is 0.274 e. The number of rotatable bonds is 5. The van der Waals surface area contributed by atoms with Gasteiger partial charge in [0.1, 0.15) is 12.3 Å². The van der Waals surface area contributed by atoms with Crippen molar-refractivity contribution in [2.24, 2.45) is 5.92 Å². The number of amides is 2. The van der Waals surface area contributed by atoms with Crippen molar-refractivity contribution in [3.8, 4) is 0 Å². The molecule has 0 aliphatic carbocycles. The topological polar surface area (TPSA) is 123 Å². The molecule has 10 heteroatoms. The number of hydrogen-bond donors (Lipinski definition) is 1. The lowest BCUT2D eigenvalue weighted by molar-refractivity contribution is -0.124. The number of nitrogens with one attached hydrogen (secondary N) is 1. The minimum atomic E-state index is -0.488. The van der Waals surface area contributed by atoms with Gasteiger partial charge in [-0.2, -0.15) is 4.98 Å². The van der Waals surface area contributed by atoms with Crippen LogP contribution in [0.1, 0.15) is 33.8 Å². The van der Waals surface area contributed by atoms with E-state index in [9.17, 15) is 9.59 Å². The van der Waals surface area contributed by atoms with Gasteiger partial charge < -0.3 is 19.5 Å². The molecule has 138 valence electrons. The number of nitrogens with zero attached hydrogens (tertiary/aromatic N) is 5. The number of likely N-dealkylation sites (tertiary alicyclic amines) is 1. The van der Waals surface area contributed by atoms with E-state index < -0.39 is 11.8 Å². The molecule has 0 radical (unpaired) electrons. The Morgan fingerprint density at radius 2 is 2.15 bits per heavy atom. The number of carbonyl (C=O) groups is 2. The molecule has 0 aromatic carbocycles. The van der Waals surface area contributed by atoms with Crippen LogP contribution in [-0.4, -0.2) is 64.1 Å². The fourth-order valence-corrected chi connectivity index (χ4v) is 2.94. The number of ether oxygens (including phenoxy) is 1. The van der Waals surface area contributed by atoms with Crippen LogP contribution in [0.4, 0.5) is 0 Å². The highest BCUT2D eigenvalue weighted by atomic mass is 16.5. The highest BCUT2D eigenvalue weighted by Gasteiger charge is 2.43. The molecular weight excluding hydrogens is 340 g/mol. The van der Waals surface area contributed by atoms with Crippen molar-refractivity contribution < 1.29 is 18.8 Å². The van der Waals surface area contributed by atoms with Crippen molar-refractivity contribution in [2.45, 2.75) is 19.4 Å². The molecular formula is C16H20N6O4. The molecule has 0 saturated carbocycles. The van der Waals surface area contributed by atoms with Crippen molar-refractivity contribution in [3.05, 3.63) is 35.5 Å². The Labute approximate surface area is 150 Å². The molecule has 1 aliphatic rings. The molecule has 3 heterocycles. The predicted molar refractivity (Wildman–Crippen MR) is 88.0 cm³/mol. The van der Waals surface area contributed by atoms with Gasteiger partial charge >= 0.3 is 0 Å². The summed E-state index contributed by atoms with van der Waals surface area (Å²) in [5.74, 6) is -0.644. The van der Waals surface area contributed by atoms with Crippen LogP contribution in [0.15, 0.2) is 16.9 Å². The summed E-state index contributed by atoms with van der Waals surface area (Å²) in [4.78, 5) is 39.0. The second-order valence-electron chi connectivity index (χ2n) is 6.06. The number of hydrogen-bond acceptors (Lipinski definition) is 8. The van der Waals surface area contributed by atoms with Crippen molar-refractivity contribution in [1.82, 2.24) is 30.3 Å². The van der Waals surface area contributed by atoms with Crippen LogP contribution >= 0.6 is 0 Å². The van der Waals surface area contributed by atoms with Crippen molar-refractivity contribution in [1.29, 1.82) is 0 Å². The van der Waals surface area contributed by atoms with Crippen LogP contribution < -0.4 is 5.32 Å². The van der Waals surface area contributed by atoms with E-state index in [0.717, 1.165) is 5.69 Å². The summed E-state index contributed by atoms with van der Waals surface area (Å²) in [6.45, 7) is 2.52. The molecule has 2 amide bonds. The number of aryl methyl sites for hydroxylation is 1. The van der Waals surface area contributed by atoms with Crippen LogP contribution in [0, 0.1) is 12.8 Å². The number of methoxy groups -OCH3 is 1. The first-order chi connectivity index (χ1) is 12.5. The quantitative estimate of drug-likeness (QED) is 0.785. The van der Waals surface area contributed by atoms with Crippen LogP contribution in [0.2, 0.25) is 0 Å². The first-order valence-electron chi connectivity index (χ1n) is 8.14. The van der Waals surface area contributed by atoms with Crippen molar-refractivity contribution in [3.63, 3.8) is 0 Å². The zero-order chi connectivity index (χ0) is 18.7. The molecule has 1 aliphatic heterocycles. The van der Waals surface area contributed by atoms with Gasteiger partial charge in [-0.15, -0.1) is 0 Å². The maximum atomic E-state index is 12.7. The van der Waals surface area contributed by atoms with Gasteiger partial charge in [-0.25, -0.2) is 4.98 Å². The van der Waals surface area contributed by atoms with E-state index in [4.69, 9.17) is 9.26 Å². The minimum Gasteiger partial charge on any atom is -0.377 e. The van der Waals surface area contributed by atoms with Gasteiger partial charge in [-0.05, 0) is 6.92 Å². The third-order valence-corrected chi connectivity index (χ3v) is 4.26. The fraction of sp³-hybridized carbons (Fsp3) is 0.500. The fourth-order valence-electron chi connectivity index (χ4n) is 2.94. The second-order valence-corrected chi connectivity index (χ2v) is 6.06. The molecule has 10 nitrogen and oxygen atoms in total. The molecule has 1 N–H and O–H groups in total. The summed E-state index contributed by atoms with van der Waals surface area (Å²) in [5.41, 5.74) is 0.957. The molecule has 2 atom stereocenters. The lowest BCUT2D eigenvalue weighted by Crippen LogP contribution is -2.34. The van der Waals surface area contributed by atoms with E-state index in [0.29, 0.717) is 11.7 Å². The Bertz CT molecular complexity index is 790. The van der Waals surface area contributed by atoms with E-state index in [1.165, 1.54) is 19.5 Å². The highest BCUT2D eigenvalue weighted by Crippen LogP contribution is 2.32. The molecule has 2 aromatic heterocycles. The molecule has 2 unspecified atom stereocenters. The number of carbonyl (C=O) groups excluding carboxylic acids is 2. The van der Waals surface area contributed by atoms with Crippen LogP contribution in [0.3, 0.4) is 0 Å². The molecule has 0 bridgehead atoms. The second kappa shape index (κ2) is 7.56. The highest BCUT2D eigenvalue weighted by molar-refractivity contribution is 5.93. The maximum Gasteiger partial charge on any atom is 0.274 e. The molecule has 3 rings (SSSR count). The zero-order valence-electron chi connectivity index (χ0n) is 14.8. The Balaban J connectivity index is 1.82. The lowest BCUT2D eigenvalue weighted by atomic mass is 9.95. The van der Waals surface area contributed by atoms with Gasteiger partial charge in [-0.1, -0.05) is 5.16 Å². The van der Waals surface area contributed by atoms with Gasteiger partial charge in [0.25, 0.3) is 5.91 Å². The van der Waals surface area contributed by atoms with Crippen LogP contribution in [0.25, 0.3) is 0 Å². The Kier molecular flexibility index (Phi) is 5.21. The first-order valence-corrected chi connectivity index (χ1v) is 8.14. The summed E-state index contributed by atoms with van der Waals surface area (Å²) in [6.07, 6.45) is 2.97. The molecule has 0 spiro atoms. The summed E-state index contributed by atoms with van der Waals surface area (Å²) >= 11 is 0. The predicted octanol–water partition coefficient (Wildman–Crippen LogP) is -0.0838. The van der Waals surface area contributed by atoms with Crippen LogP contribution in [0.5, 0.6) is 0 Å². The summed E-state index contributed by atoms with van der Waals surface area (Å²) < 4.78 is 10.3. The van der Waals surface area contributed by atoms with Crippen LogP contribution in [-0.2, 0) is 16.1 Å². The van der Waals surface area contributed by atoms with E-state index in [-0.39, 0.29) is 37.2 Å². The van der Waals surface area contributed by atoms with E-state index >= 15 is 0 Å². The van der Waals surface area contributed by atoms with Gasteiger partial charge in [0.05, 0.1) is 23.7 Å². The van der Waals surface area contributed by atoms with E-state index in [2.05, 4.69) is 25.4 Å². The molecule has 1 saturated heterocycles. The Morgan fingerprint density at radius 3 is 2.81 bits per heavy atom. The normalized spacial score (nSPS) is 19.6. The van der Waals surface area contributed by atoms with Gasteiger partial charge in [0.2, 0.25) is 11.8 Å². The van der Waals surface area contributed by atoms with Crippen molar-refractivity contribution >= 4 is 11.8 Å². The largest absolute Gasteiger partial charge is 0.377 e. The van der Waals surface area contributed by atoms with E-state index in [1.54, 1.807) is 18.9 Å². The Morgan fingerprint density at radius 1 is 1.35 bits per heavy atom. The summed E-state index contributed by atoms with van der Waals surface area (Å²) in [7, 11) is 3.08. The molecule has 2 aromatic rings. The van der Waals surface area contributed by atoms with Gasteiger partial charge in [-0.3, -0.25) is 14.6 Å². The SMILES string of the molecule is CNC(=O)C1CN(C(=O)c2cnc(C)cn2)CC1c1nc(COC)no1. The molecule has 1 fully saturated rings. The lowest BCUT2D eigenvalue weighted by Gasteiger charge is -2.15. The molecule has 26 heavy (non-hydrogen) atoms. The first kappa shape index (κ1) is 17.9. The summed E-state index contributed by atoms with van der Waals surface area (Å²) in [6, 6.07) is 0. The van der Waals surface area contributed by atoms with Gasteiger partial charge in [0.15, 0.2) is 5.82 Å². The summed E-state index contributed by atoms with van der Waals surface area (Å²) in [5, 5.41) is 6.47. The minimum absolute atomic E-state index is 0.188. The monoisotopic (exact) mass is 360 g/mol. The maximum absolute atomic E-state index is 12.7. The zero-order valence-corrected chi connectivity index (χ0v) is 14.8. The average molecular weight is 360 g/mol. The standard InChI is InChI=1S/C16H20N6O4/c1-9-4-19-12(5-18-9)16(24)22-6-10(14(23)17-2)11(7-22)15-20-13(8-25-3)21-26-15/h4-5,10-11H,6-8H2,1-3H3,(H,17,23). The van der Waals surface area contributed by atoms with Gasteiger partial charge in [0, 0.05) is 33.4 Å². The third-order valence-electron chi connectivity index (χ3n) is 4.26. The Hall–Kier alpha value is -2.88.